The van der Waals surface area contributed by atoms with E-state index in [9.17, 15) is 19.5 Å². The molecule has 0 bridgehead atoms. The molecule has 2 aliphatic rings. The van der Waals surface area contributed by atoms with E-state index in [-0.39, 0.29) is 49.0 Å². The number of benzene rings is 3. The molecule has 21 nitrogen and oxygen atoms in total. The van der Waals surface area contributed by atoms with Gasteiger partial charge in [-0.25, -0.2) is 15.0 Å². The number of ether oxygens (including phenoxy) is 5. The minimum absolute atomic E-state index is 0.0251. The number of methoxy groups -OCH3 is 2. The smallest absolute Gasteiger partial charge is 0.333 e. The third-order valence-electron chi connectivity index (χ3n) is 14.6. The van der Waals surface area contributed by atoms with Gasteiger partial charge < -0.3 is 56.0 Å². The standard InChI is InChI=1S/C56H68N8O13P2Si/c1-55(2,3)80(8,9)77-50-47(74-53(51(50)76-78(66)67)64-31-26-48(65)62-32-29-59-54(62)64)36-72-79(71-33-13-27-57)75-45-34-49(63-30-25-43-44(60-37-61(4)5)24-28-58-52(43)63)73-46(45)35-70-56(38-14-11-10-12-15-38,39-16-20-41(68-6)21-17-39)40-18-22-42(69-7)23-19-40/h10-12,14-26,28-32,37,45-47,49-51,53,78H,13,33-36H2,1-9H3,(H,66,67)/b60-37-/t45-,46+,47+,49+,50+,51+,53+,79?/m0/s1. The molecule has 7 aromatic rings. The van der Waals surface area contributed by atoms with Gasteiger partial charge in [-0.05, 0) is 71.2 Å². The summed E-state index contributed by atoms with van der Waals surface area (Å²) >= 11 is 0. The van der Waals surface area contributed by atoms with Gasteiger partial charge in [-0.15, -0.1) is 0 Å². The topological polar surface area (TPSA) is 226 Å². The van der Waals surface area contributed by atoms with Crippen LogP contribution in [0.4, 0.5) is 5.69 Å². The van der Waals surface area contributed by atoms with Crippen molar-refractivity contribution in [3.63, 3.8) is 0 Å². The third-order valence-corrected chi connectivity index (χ3v) is 20.8. The lowest BCUT2D eigenvalue weighted by atomic mass is 9.80. The first-order valence-corrected chi connectivity index (χ1v) is 31.4. The molecule has 2 fully saturated rings. The van der Waals surface area contributed by atoms with E-state index in [1.54, 1.807) is 31.3 Å². The van der Waals surface area contributed by atoms with Crippen molar-refractivity contribution < 1.29 is 55.7 Å². The van der Waals surface area contributed by atoms with Crippen LogP contribution in [-0.4, -0.2) is 127 Å². The van der Waals surface area contributed by atoms with E-state index in [1.165, 1.54) is 29.1 Å². The van der Waals surface area contributed by atoms with Gasteiger partial charge in [0.2, 0.25) is 5.78 Å². The van der Waals surface area contributed by atoms with Crippen LogP contribution in [0.25, 0.3) is 16.8 Å². The van der Waals surface area contributed by atoms with E-state index < -0.39 is 73.8 Å². The Labute approximate surface area is 467 Å². The number of aromatic nitrogens is 5. The van der Waals surface area contributed by atoms with Crippen molar-refractivity contribution in [3.8, 4) is 17.6 Å². The lowest BCUT2D eigenvalue weighted by Crippen LogP contribution is -2.50. The molecule has 0 spiro atoms. The van der Waals surface area contributed by atoms with E-state index in [0.717, 1.165) is 27.8 Å². The number of imidazole rings is 1. The molecule has 9 rings (SSSR count). The maximum Gasteiger partial charge on any atom is 0.333 e. The molecule has 9 atom stereocenters. The maximum atomic E-state index is 12.9. The van der Waals surface area contributed by atoms with Crippen LogP contribution in [0, 0.1) is 11.3 Å². The van der Waals surface area contributed by atoms with Crippen LogP contribution in [0.1, 0.15) is 62.8 Å². The predicted molar refractivity (Wildman–Crippen MR) is 304 cm³/mol. The minimum atomic E-state index is -3.60. The van der Waals surface area contributed by atoms with Crippen molar-refractivity contribution in [1.29, 1.82) is 5.26 Å². The van der Waals surface area contributed by atoms with Crippen molar-refractivity contribution in [3.05, 3.63) is 155 Å². The van der Waals surface area contributed by atoms with Crippen molar-refractivity contribution in [1.82, 2.24) is 28.4 Å². The molecule has 0 radical (unpaired) electrons. The highest BCUT2D eigenvalue weighted by molar-refractivity contribution is 7.41. The summed E-state index contributed by atoms with van der Waals surface area (Å²) in [6, 6.07) is 32.7. The molecule has 3 aromatic carbocycles. The molecule has 6 heterocycles. The molecule has 1 N–H and O–H groups in total. The van der Waals surface area contributed by atoms with E-state index in [4.69, 9.17) is 56.2 Å². The van der Waals surface area contributed by atoms with Crippen molar-refractivity contribution in [2.24, 2.45) is 4.99 Å². The summed E-state index contributed by atoms with van der Waals surface area (Å²) < 4.78 is 83.1. The SMILES string of the molecule is COc1ccc(C(OC[C@H]2O[C@@H](n3ccc4c(/N=C\N(C)C)ccnc43)C[C@@H]2OP(OCCC#N)OC[C@H]2O[C@@H](n3ccc(=O)n4ccnc34)[C@H](O[PH](=O)O)[C@@H]2O[Si](C)(C)C(C)(C)C)(c2ccccc2)c2ccc(OC)cc2)cc1. The molecule has 2 saturated heterocycles. The van der Waals surface area contributed by atoms with Crippen LogP contribution in [0.15, 0.2) is 138 Å². The summed E-state index contributed by atoms with van der Waals surface area (Å²) in [4.78, 5) is 39.1. The molecule has 424 valence electrons. The highest BCUT2D eigenvalue weighted by atomic mass is 31.2. The summed E-state index contributed by atoms with van der Waals surface area (Å²) in [7, 11) is -1.59. The van der Waals surface area contributed by atoms with Gasteiger partial charge in [-0.2, -0.15) is 5.26 Å². The fraction of sp³-hybridized carbons (Fsp3) is 0.411. The van der Waals surface area contributed by atoms with Gasteiger partial charge in [0, 0.05) is 63.0 Å². The van der Waals surface area contributed by atoms with Crippen molar-refractivity contribution in [2.75, 3.05) is 48.1 Å². The van der Waals surface area contributed by atoms with Crippen molar-refractivity contribution >= 4 is 54.0 Å². The Morgan fingerprint density at radius 1 is 0.850 bits per heavy atom. The predicted octanol–water partition coefficient (Wildman–Crippen LogP) is 9.69. The lowest BCUT2D eigenvalue weighted by Gasteiger charge is -2.40. The van der Waals surface area contributed by atoms with Crippen LogP contribution in [-0.2, 0) is 46.9 Å². The van der Waals surface area contributed by atoms with Gasteiger partial charge in [0.1, 0.15) is 53.4 Å². The molecular weight excluding hydrogens is 1080 g/mol. The fourth-order valence-corrected chi connectivity index (χ4v) is 12.6. The molecule has 0 saturated carbocycles. The van der Waals surface area contributed by atoms with Gasteiger partial charge in [0.15, 0.2) is 14.5 Å². The number of aliphatic imine (C=N–C) groups is 1. The zero-order chi connectivity index (χ0) is 56.8. The lowest BCUT2D eigenvalue weighted by molar-refractivity contribution is -0.0925. The number of nitrogens with zero attached hydrogens (tertiary/aromatic N) is 8. The Morgan fingerprint density at radius 3 is 2.16 bits per heavy atom. The number of pyridine rings is 1. The zero-order valence-electron chi connectivity index (χ0n) is 46.1. The average Bonchev–Trinajstić information content (AvgIpc) is 4.27. The fourth-order valence-electron chi connectivity index (χ4n) is 9.60. The Morgan fingerprint density at radius 2 is 1.52 bits per heavy atom. The Hall–Kier alpha value is -6.15. The van der Waals surface area contributed by atoms with E-state index >= 15 is 0 Å². The molecule has 24 heteroatoms. The first kappa shape index (κ1) is 58.5. The largest absolute Gasteiger partial charge is 0.497 e. The molecule has 0 aliphatic carbocycles. The van der Waals surface area contributed by atoms with E-state index in [0.29, 0.717) is 17.1 Å². The van der Waals surface area contributed by atoms with Crippen LogP contribution < -0.4 is 15.0 Å². The summed E-state index contributed by atoms with van der Waals surface area (Å²) in [5.41, 5.74) is 2.27. The van der Waals surface area contributed by atoms with Crippen LogP contribution in [0.3, 0.4) is 0 Å². The van der Waals surface area contributed by atoms with Gasteiger partial charge in [-0.3, -0.25) is 22.9 Å². The number of hydrogen-bond donors (Lipinski definition) is 1. The highest BCUT2D eigenvalue weighted by Crippen LogP contribution is 2.50. The molecular formula is C56H68N8O13P2Si. The molecule has 80 heavy (non-hydrogen) atoms. The summed E-state index contributed by atoms with van der Waals surface area (Å²) in [6.07, 6.45) is 3.72. The first-order chi connectivity index (χ1) is 38.4. The normalized spacial score (nSPS) is 21.5. The molecule has 0 amide bonds. The number of fused-ring (bicyclic) bond motifs is 2. The van der Waals surface area contributed by atoms with Gasteiger partial charge in [-0.1, -0.05) is 75.4 Å². The second-order valence-corrected chi connectivity index (χ2v) is 27.7. The Kier molecular flexibility index (Phi) is 18.5. The Balaban J connectivity index is 1.09. The first-order valence-electron chi connectivity index (χ1n) is 26.1. The van der Waals surface area contributed by atoms with Gasteiger partial charge in [0.05, 0.1) is 64.7 Å². The Bertz CT molecular complexity index is 3300. The zero-order valence-corrected chi connectivity index (χ0v) is 49.0. The third kappa shape index (κ3) is 12.6. The van der Waals surface area contributed by atoms with E-state index in [2.05, 4.69) is 44.9 Å². The summed E-state index contributed by atoms with van der Waals surface area (Å²) in [5, 5.41) is 10.2. The molecule has 4 aromatic heterocycles. The quantitative estimate of drug-likeness (QED) is 0.0148. The number of nitriles is 1. The molecule has 2 aliphatic heterocycles. The summed E-state index contributed by atoms with van der Waals surface area (Å²) in [6.45, 7) is 10.0. The van der Waals surface area contributed by atoms with Crippen molar-refractivity contribution in [2.45, 2.75) is 100 Å². The van der Waals surface area contributed by atoms with Crippen LogP contribution in [0.5, 0.6) is 11.5 Å². The van der Waals surface area contributed by atoms with E-state index in [1.807, 2.05) is 121 Å². The molecule has 2 unspecified atom stereocenters. The number of rotatable bonds is 24. The van der Waals surface area contributed by atoms with Gasteiger partial charge >= 0.3 is 16.9 Å². The van der Waals surface area contributed by atoms with Gasteiger partial charge in [0.25, 0.3) is 5.56 Å². The van der Waals surface area contributed by atoms with Crippen LogP contribution >= 0.6 is 16.9 Å². The minimum Gasteiger partial charge on any atom is -0.497 e. The summed E-state index contributed by atoms with van der Waals surface area (Å²) in [5.74, 6) is 1.56. The average molecular weight is 1150 g/mol. The maximum absolute atomic E-state index is 12.9. The number of hydrogen-bond acceptors (Lipinski definition) is 16. The monoisotopic (exact) mass is 1150 g/mol. The second kappa shape index (κ2) is 25.3. The second-order valence-electron chi connectivity index (χ2n) is 21.0. The van der Waals surface area contributed by atoms with Crippen LogP contribution in [0.2, 0.25) is 18.1 Å². The highest BCUT2D eigenvalue weighted by Gasteiger charge is 2.53.